The molecular weight excluding hydrogens is 254 g/mol. The van der Waals surface area contributed by atoms with Crippen LogP contribution in [0.5, 0.6) is 0 Å². The minimum atomic E-state index is 0.184. The van der Waals surface area contributed by atoms with Crippen LogP contribution in [-0.4, -0.2) is 29.3 Å². The highest BCUT2D eigenvalue weighted by atomic mass is 35.5. The smallest absolute Gasteiger partial charge is 0.263 e. The molecule has 0 aromatic carbocycles. The molecule has 0 radical (unpaired) electrons. The molecule has 1 amide bonds. The van der Waals surface area contributed by atoms with Crippen LogP contribution in [0, 0.1) is 12.8 Å². The summed E-state index contributed by atoms with van der Waals surface area (Å²) in [5.41, 5.74) is 0. The second kappa shape index (κ2) is 5.40. The third-order valence-corrected chi connectivity index (χ3v) is 4.77. The quantitative estimate of drug-likeness (QED) is 0.754. The van der Waals surface area contributed by atoms with Crippen LogP contribution in [0.25, 0.3) is 0 Å². The van der Waals surface area contributed by atoms with E-state index in [1.807, 2.05) is 30.9 Å². The molecule has 2 nitrogen and oxygen atoms in total. The van der Waals surface area contributed by atoms with Crippen molar-refractivity contribution in [2.45, 2.75) is 32.1 Å². The van der Waals surface area contributed by atoms with Gasteiger partial charge >= 0.3 is 0 Å². The summed E-state index contributed by atoms with van der Waals surface area (Å²) in [6.45, 7) is 5.77. The highest BCUT2D eigenvalue weighted by Gasteiger charge is 2.26. The first-order valence-corrected chi connectivity index (χ1v) is 7.33. The van der Waals surface area contributed by atoms with Gasteiger partial charge in [0, 0.05) is 23.3 Å². The summed E-state index contributed by atoms with van der Waals surface area (Å²) in [5.74, 6) is 0.745. The SMILES string of the molecule is Cc1ccc(C(=O)N2CCC(C(C)Cl)CC2)s1. The lowest BCUT2D eigenvalue weighted by atomic mass is 9.94. The third kappa shape index (κ3) is 3.02. The number of halogens is 1. The molecule has 1 aromatic heterocycles. The van der Waals surface area contributed by atoms with E-state index in [2.05, 4.69) is 0 Å². The van der Waals surface area contributed by atoms with Crippen molar-refractivity contribution in [1.82, 2.24) is 4.90 Å². The Balaban J connectivity index is 1.95. The minimum absolute atomic E-state index is 0.184. The molecule has 1 aliphatic heterocycles. The maximum atomic E-state index is 12.2. The maximum Gasteiger partial charge on any atom is 0.263 e. The van der Waals surface area contributed by atoms with Crippen LogP contribution in [0.3, 0.4) is 0 Å². The van der Waals surface area contributed by atoms with E-state index in [9.17, 15) is 4.79 Å². The van der Waals surface area contributed by atoms with Gasteiger partial charge in [-0.25, -0.2) is 0 Å². The lowest BCUT2D eigenvalue weighted by Crippen LogP contribution is -2.39. The first kappa shape index (κ1) is 12.9. The van der Waals surface area contributed by atoms with E-state index >= 15 is 0 Å². The summed E-state index contributed by atoms with van der Waals surface area (Å²) in [6, 6.07) is 3.93. The van der Waals surface area contributed by atoms with E-state index in [-0.39, 0.29) is 11.3 Å². The normalized spacial score (nSPS) is 19.4. The van der Waals surface area contributed by atoms with Crippen LogP contribution < -0.4 is 0 Å². The van der Waals surface area contributed by atoms with Gasteiger partial charge in [-0.15, -0.1) is 22.9 Å². The van der Waals surface area contributed by atoms with Crippen LogP contribution in [0.15, 0.2) is 12.1 Å². The van der Waals surface area contributed by atoms with Gasteiger partial charge < -0.3 is 4.90 Å². The molecule has 0 bridgehead atoms. The molecule has 0 saturated carbocycles. The maximum absolute atomic E-state index is 12.2. The van der Waals surface area contributed by atoms with Gasteiger partial charge in [-0.1, -0.05) is 0 Å². The van der Waals surface area contributed by atoms with Gasteiger partial charge in [0.25, 0.3) is 5.91 Å². The first-order chi connectivity index (χ1) is 8.08. The average molecular weight is 272 g/mol. The molecule has 1 atom stereocenters. The summed E-state index contributed by atoms with van der Waals surface area (Å²) >= 11 is 7.68. The molecule has 2 heterocycles. The van der Waals surface area contributed by atoms with E-state index in [4.69, 9.17) is 11.6 Å². The molecule has 94 valence electrons. The number of amides is 1. The molecule has 1 fully saturated rings. The third-order valence-electron chi connectivity index (χ3n) is 3.43. The predicted octanol–water partition coefficient (Wildman–Crippen LogP) is 3.54. The molecule has 17 heavy (non-hydrogen) atoms. The second-order valence-electron chi connectivity index (χ2n) is 4.72. The Morgan fingerprint density at radius 1 is 1.47 bits per heavy atom. The van der Waals surface area contributed by atoms with Gasteiger partial charge in [0.05, 0.1) is 4.88 Å². The zero-order valence-electron chi connectivity index (χ0n) is 10.3. The summed E-state index contributed by atoms with van der Waals surface area (Å²) in [6.07, 6.45) is 2.06. The number of likely N-dealkylation sites (tertiary alicyclic amines) is 1. The van der Waals surface area contributed by atoms with Crippen molar-refractivity contribution in [1.29, 1.82) is 0 Å². The molecule has 2 rings (SSSR count). The van der Waals surface area contributed by atoms with Gasteiger partial charge in [-0.05, 0) is 44.7 Å². The molecular formula is C13H18ClNOS. The minimum Gasteiger partial charge on any atom is -0.338 e. The highest BCUT2D eigenvalue weighted by Crippen LogP contribution is 2.26. The summed E-state index contributed by atoms with van der Waals surface area (Å²) < 4.78 is 0. The van der Waals surface area contributed by atoms with Crippen molar-refractivity contribution in [2.24, 2.45) is 5.92 Å². The fourth-order valence-electron chi connectivity index (χ4n) is 2.27. The van der Waals surface area contributed by atoms with E-state index in [0.717, 1.165) is 30.8 Å². The van der Waals surface area contributed by atoms with Crippen LogP contribution >= 0.6 is 22.9 Å². The Hall–Kier alpha value is -0.540. The molecule has 1 aliphatic rings. The summed E-state index contributed by atoms with van der Waals surface area (Å²) in [4.78, 5) is 16.2. The Morgan fingerprint density at radius 3 is 2.59 bits per heavy atom. The van der Waals surface area contributed by atoms with Gasteiger partial charge in [0.15, 0.2) is 0 Å². The Morgan fingerprint density at radius 2 is 2.12 bits per heavy atom. The first-order valence-electron chi connectivity index (χ1n) is 6.07. The van der Waals surface area contributed by atoms with Crippen LogP contribution in [-0.2, 0) is 0 Å². The molecule has 1 aromatic rings. The number of thiophene rings is 1. The van der Waals surface area contributed by atoms with Crippen molar-refractivity contribution in [3.63, 3.8) is 0 Å². The van der Waals surface area contributed by atoms with E-state index in [1.54, 1.807) is 11.3 Å². The van der Waals surface area contributed by atoms with Gasteiger partial charge in [0.1, 0.15) is 0 Å². The number of piperidine rings is 1. The van der Waals surface area contributed by atoms with Crippen LogP contribution in [0.4, 0.5) is 0 Å². The highest BCUT2D eigenvalue weighted by molar-refractivity contribution is 7.13. The van der Waals surface area contributed by atoms with Crippen molar-refractivity contribution in [3.8, 4) is 0 Å². The summed E-state index contributed by atoms with van der Waals surface area (Å²) in [7, 11) is 0. The molecule has 0 spiro atoms. The molecule has 1 unspecified atom stereocenters. The fraction of sp³-hybridized carbons (Fsp3) is 0.615. The lowest BCUT2D eigenvalue weighted by molar-refractivity contribution is 0.0695. The molecule has 0 aliphatic carbocycles. The monoisotopic (exact) mass is 271 g/mol. The van der Waals surface area contributed by atoms with E-state index in [0.29, 0.717) is 5.92 Å². The second-order valence-corrected chi connectivity index (χ2v) is 6.69. The number of aryl methyl sites for hydroxylation is 1. The Labute approximate surface area is 112 Å². The van der Waals surface area contributed by atoms with E-state index in [1.165, 1.54) is 4.88 Å². The van der Waals surface area contributed by atoms with E-state index < -0.39 is 0 Å². The number of nitrogens with zero attached hydrogens (tertiary/aromatic N) is 1. The number of carbonyl (C=O) groups is 1. The molecule has 4 heteroatoms. The fourth-order valence-corrected chi connectivity index (χ4v) is 3.35. The van der Waals surface area contributed by atoms with Crippen LogP contribution in [0.2, 0.25) is 0 Å². The molecule has 0 N–H and O–H groups in total. The number of alkyl halides is 1. The number of rotatable bonds is 2. The summed E-state index contributed by atoms with van der Waals surface area (Å²) in [5, 5.41) is 0.219. The van der Waals surface area contributed by atoms with Gasteiger partial charge in [0.2, 0.25) is 0 Å². The van der Waals surface area contributed by atoms with Crippen molar-refractivity contribution >= 4 is 28.8 Å². The van der Waals surface area contributed by atoms with Crippen molar-refractivity contribution in [2.75, 3.05) is 13.1 Å². The van der Waals surface area contributed by atoms with Crippen LogP contribution in [0.1, 0.15) is 34.3 Å². The molecule has 1 saturated heterocycles. The Bertz CT molecular complexity index is 394. The van der Waals surface area contributed by atoms with Gasteiger partial charge in [-0.3, -0.25) is 4.79 Å². The standard InChI is InChI=1S/C13H18ClNOS/c1-9-3-4-12(17-9)13(16)15-7-5-11(6-8-15)10(2)14/h3-4,10-11H,5-8H2,1-2H3. The topological polar surface area (TPSA) is 20.3 Å². The zero-order chi connectivity index (χ0) is 12.4. The average Bonchev–Trinajstić information content (AvgIpc) is 2.75. The number of carbonyl (C=O) groups excluding carboxylic acids is 1. The largest absolute Gasteiger partial charge is 0.338 e. The Kier molecular flexibility index (Phi) is 4.10. The number of hydrogen-bond donors (Lipinski definition) is 0. The van der Waals surface area contributed by atoms with Gasteiger partial charge in [-0.2, -0.15) is 0 Å². The van der Waals surface area contributed by atoms with Crippen molar-refractivity contribution < 1.29 is 4.79 Å². The zero-order valence-corrected chi connectivity index (χ0v) is 11.9. The number of hydrogen-bond acceptors (Lipinski definition) is 2. The van der Waals surface area contributed by atoms with Crippen molar-refractivity contribution in [3.05, 3.63) is 21.9 Å². The predicted molar refractivity (Wildman–Crippen MR) is 73.0 cm³/mol. The lowest BCUT2D eigenvalue weighted by Gasteiger charge is -2.32.